The molecular weight excluding hydrogens is 268 g/mol. The van der Waals surface area contributed by atoms with Crippen molar-refractivity contribution in [3.05, 3.63) is 60.2 Å². The Morgan fingerprint density at radius 2 is 1.71 bits per heavy atom. The Hall–Kier alpha value is -2.53. The Bertz CT molecular complexity index is 573. The van der Waals surface area contributed by atoms with E-state index >= 15 is 0 Å². The minimum atomic E-state index is -0.321. The molecule has 0 fully saturated rings. The van der Waals surface area contributed by atoms with Gasteiger partial charge in [0.15, 0.2) is 0 Å². The molecule has 0 aliphatic heterocycles. The number of hydrogen-bond donors (Lipinski definition) is 3. The number of aliphatic hydroxyl groups excluding tert-OH is 1. The molecule has 0 radical (unpaired) electrons. The molecule has 0 heterocycles. The normalized spacial score (nSPS) is 9.95. The Kier molecular flexibility index (Phi) is 5.60. The summed E-state index contributed by atoms with van der Waals surface area (Å²) >= 11 is 0. The third-order valence-corrected chi connectivity index (χ3v) is 2.78. The van der Waals surface area contributed by atoms with Gasteiger partial charge in [-0.2, -0.15) is 0 Å². The topological polar surface area (TPSA) is 70.6 Å². The number of rotatable bonds is 6. The van der Waals surface area contributed by atoms with Crippen LogP contribution in [0.4, 0.5) is 4.79 Å². The SMILES string of the molecule is O=C(NCCO)NCc1ccccc1Oc1ccccc1. The number of nitrogens with one attached hydrogen (secondary N) is 2. The van der Waals surface area contributed by atoms with Gasteiger partial charge in [-0.25, -0.2) is 4.79 Å². The maximum atomic E-state index is 11.5. The second kappa shape index (κ2) is 7.91. The molecule has 3 N–H and O–H groups in total. The molecule has 0 saturated heterocycles. The van der Waals surface area contributed by atoms with Gasteiger partial charge in [-0.1, -0.05) is 36.4 Å². The Morgan fingerprint density at radius 3 is 2.48 bits per heavy atom. The quantitative estimate of drug-likeness (QED) is 0.763. The highest BCUT2D eigenvalue weighted by Crippen LogP contribution is 2.24. The molecule has 2 amide bonds. The molecule has 2 aromatic carbocycles. The van der Waals surface area contributed by atoms with E-state index in [0.717, 1.165) is 11.3 Å². The number of carbonyl (C=O) groups excluding carboxylic acids is 1. The molecule has 0 bridgehead atoms. The van der Waals surface area contributed by atoms with Gasteiger partial charge in [0.2, 0.25) is 0 Å². The largest absolute Gasteiger partial charge is 0.457 e. The fourth-order valence-corrected chi connectivity index (χ4v) is 1.77. The maximum absolute atomic E-state index is 11.5. The summed E-state index contributed by atoms with van der Waals surface area (Å²) in [7, 11) is 0. The fraction of sp³-hybridized carbons (Fsp3) is 0.188. The van der Waals surface area contributed by atoms with Crippen molar-refractivity contribution >= 4 is 6.03 Å². The predicted octanol–water partition coefficient (Wildman–Crippen LogP) is 2.27. The molecule has 0 unspecified atom stereocenters. The lowest BCUT2D eigenvalue weighted by molar-refractivity contribution is 0.234. The van der Waals surface area contributed by atoms with Crippen LogP contribution in [0.15, 0.2) is 54.6 Å². The van der Waals surface area contributed by atoms with Gasteiger partial charge in [-0.05, 0) is 18.2 Å². The zero-order valence-electron chi connectivity index (χ0n) is 11.6. The first kappa shape index (κ1) is 14.9. The summed E-state index contributed by atoms with van der Waals surface area (Å²) in [5.41, 5.74) is 0.875. The Morgan fingerprint density at radius 1 is 1.00 bits per heavy atom. The molecule has 21 heavy (non-hydrogen) atoms. The van der Waals surface area contributed by atoms with E-state index in [4.69, 9.17) is 9.84 Å². The molecule has 2 rings (SSSR count). The zero-order chi connectivity index (χ0) is 14.9. The minimum Gasteiger partial charge on any atom is -0.457 e. The minimum absolute atomic E-state index is 0.0822. The smallest absolute Gasteiger partial charge is 0.315 e. The molecule has 0 aromatic heterocycles. The number of aliphatic hydroxyl groups is 1. The number of para-hydroxylation sites is 2. The van der Waals surface area contributed by atoms with E-state index < -0.39 is 0 Å². The average Bonchev–Trinajstić information content (AvgIpc) is 2.53. The number of urea groups is 1. The van der Waals surface area contributed by atoms with Crippen LogP contribution in [-0.4, -0.2) is 24.3 Å². The van der Waals surface area contributed by atoms with E-state index in [-0.39, 0.29) is 19.2 Å². The van der Waals surface area contributed by atoms with E-state index in [1.54, 1.807) is 0 Å². The highest BCUT2D eigenvalue weighted by molar-refractivity contribution is 5.73. The third-order valence-electron chi connectivity index (χ3n) is 2.78. The summed E-state index contributed by atoms with van der Waals surface area (Å²) in [6, 6.07) is 16.7. The van der Waals surface area contributed by atoms with Crippen molar-refractivity contribution < 1.29 is 14.6 Å². The molecule has 0 aliphatic rings. The molecule has 5 heteroatoms. The molecular formula is C16H18N2O3. The van der Waals surface area contributed by atoms with Crippen molar-refractivity contribution in [3.63, 3.8) is 0 Å². The van der Waals surface area contributed by atoms with Gasteiger partial charge in [0, 0.05) is 18.7 Å². The van der Waals surface area contributed by atoms with Gasteiger partial charge < -0.3 is 20.5 Å². The Labute approximate surface area is 123 Å². The van der Waals surface area contributed by atoms with E-state index in [2.05, 4.69) is 10.6 Å². The highest BCUT2D eigenvalue weighted by Gasteiger charge is 2.06. The van der Waals surface area contributed by atoms with Gasteiger partial charge in [-0.3, -0.25) is 0 Å². The van der Waals surface area contributed by atoms with Crippen LogP contribution in [0.3, 0.4) is 0 Å². The van der Waals surface area contributed by atoms with Crippen molar-refractivity contribution in [3.8, 4) is 11.5 Å². The van der Waals surface area contributed by atoms with Crippen molar-refractivity contribution in [1.29, 1.82) is 0 Å². The van der Waals surface area contributed by atoms with Crippen LogP contribution in [0.25, 0.3) is 0 Å². The van der Waals surface area contributed by atoms with Crippen molar-refractivity contribution in [2.45, 2.75) is 6.54 Å². The summed E-state index contributed by atoms with van der Waals surface area (Å²) < 4.78 is 5.81. The van der Waals surface area contributed by atoms with E-state index in [1.165, 1.54) is 0 Å². The first-order chi connectivity index (χ1) is 10.3. The first-order valence-corrected chi connectivity index (χ1v) is 6.73. The third kappa shape index (κ3) is 4.81. The van der Waals surface area contributed by atoms with E-state index in [0.29, 0.717) is 12.3 Å². The van der Waals surface area contributed by atoms with Gasteiger partial charge in [0.25, 0.3) is 0 Å². The molecule has 0 atom stereocenters. The predicted molar refractivity (Wildman–Crippen MR) is 80.3 cm³/mol. The van der Waals surface area contributed by atoms with Crippen LogP contribution in [0, 0.1) is 0 Å². The van der Waals surface area contributed by atoms with Crippen molar-refractivity contribution in [2.75, 3.05) is 13.2 Å². The summed E-state index contributed by atoms with van der Waals surface area (Å²) in [6.45, 7) is 0.495. The molecule has 0 saturated carbocycles. The van der Waals surface area contributed by atoms with Gasteiger partial charge in [-0.15, -0.1) is 0 Å². The molecule has 110 valence electrons. The number of amides is 2. The standard InChI is InChI=1S/C16H18N2O3/c19-11-10-17-16(20)18-12-13-6-4-5-9-15(13)21-14-7-2-1-3-8-14/h1-9,19H,10-12H2,(H2,17,18,20). The Balaban J connectivity index is 1.98. The zero-order valence-corrected chi connectivity index (χ0v) is 11.6. The van der Waals surface area contributed by atoms with Crippen LogP contribution in [-0.2, 0) is 6.54 Å². The molecule has 0 aliphatic carbocycles. The van der Waals surface area contributed by atoms with E-state index in [9.17, 15) is 4.79 Å². The summed E-state index contributed by atoms with van der Waals surface area (Å²) in [4.78, 5) is 11.5. The summed E-state index contributed by atoms with van der Waals surface area (Å²) in [5, 5.41) is 13.9. The monoisotopic (exact) mass is 286 g/mol. The van der Waals surface area contributed by atoms with Crippen molar-refractivity contribution in [2.24, 2.45) is 0 Å². The average molecular weight is 286 g/mol. The van der Waals surface area contributed by atoms with E-state index in [1.807, 2.05) is 54.6 Å². The fourth-order valence-electron chi connectivity index (χ4n) is 1.77. The summed E-state index contributed by atoms with van der Waals surface area (Å²) in [6.07, 6.45) is 0. The lowest BCUT2D eigenvalue weighted by Crippen LogP contribution is -2.36. The second-order valence-corrected chi connectivity index (χ2v) is 4.36. The maximum Gasteiger partial charge on any atom is 0.315 e. The van der Waals surface area contributed by atoms with Gasteiger partial charge >= 0.3 is 6.03 Å². The van der Waals surface area contributed by atoms with Crippen LogP contribution >= 0.6 is 0 Å². The number of ether oxygens (including phenoxy) is 1. The second-order valence-electron chi connectivity index (χ2n) is 4.36. The van der Waals surface area contributed by atoms with Gasteiger partial charge in [0.1, 0.15) is 11.5 Å². The lowest BCUT2D eigenvalue weighted by atomic mass is 10.2. The van der Waals surface area contributed by atoms with Crippen LogP contribution in [0.2, 0.25) is 0 Å². The van der Waals surface area contributed by atoms with Crippen LogP contribution < -0.4 is 15.4 Å². The highest BCUT2D eigenvalue weighted by atomic mass is 16.5. The first-order valence-electron chi connectivity index (χ1n) is 6.73. The molecule has 0 spiro atoms. The molecule has 5 nitrogen and oxygen atoms in total. The van der Waals surface area contributed by atoms with Gasteiger partial charge in [0.05, 0.1) is 6.61 Å². The van der Waals surface area contributed by atoms with Crippen LogP contribution in [0.5, 0.6) is 11.5 Å². The summed E-state index contributed by atoms with van der Waals surface area (Å²) in [5.74, 6) is 1.45. The lowest BCUT2D eigenvalue weighted by Gasteiger charge is -2.12. The number of carbonyl (C=O) groups is 1. The van der Waals surface area contributed by atoms with Crippen molar-refractivity contribution in [1.82, 2.24) is 10.6 Å². The molecule has 2 aromatic rings. The number of benzene rings is 2. The number of hydrogen-bond acceptors (Lipinski definition) is 3. The van der Waals surface area contributed by atoms with Crippen LogP contribution in [0.1, 0.15) is 5.56 Å².